The number of carbonyl (C=O) groups is 1. The van der Waals surface area contributed by atoms with E-state index in [1.54, 1.807) is 0 Å². The summed E-state index contributed by atoms with van der Waals surface area (Å²) in [5.41, 5.74) is -0.822. The van der Waals surface area contributed by atoms with E-state index < -0.39 is 11.5 Å². The number of rotatable bonds is 27. The number of likely N-dealkylation sites (N-methyl/N-ethyl adjacent to an activating group) is 1. The van der Waals surface area contributed by atoms with E-state index in [9.17, 15) is 9.90 Å². The molecule has 216 valence electrons. The molecule has 0 bridgehead atoms. The average Bonchev–Trinajstić information content (AvgIpc) is 2.83. The largest absolute Gasteiger partial charge is 0.544 e. The Kier molecular flexibility index (Phi) is 22.1. The first-order valence-corrected chi connectivity index (χ1v) is 16.2. The van der Waals surface area contributed by atoms with E-state index in [-0.39, 0.29) is 5.92 Å². The Labute approximate surface area is 227 Å². The third-order valence-electron chi connectivity index (χ3n) is 8.91. The monoisotopic (exact) mass is 510 g/mol. The fourth-order valence-electron chi connectivity index (χ4n) is 5.80. The zero-order chi connectivity index (χ0) is 27.1. The van der Waals surface area contributed by atoms with Gasteiger partial charge >= 0.3 is 0 Å². The Morgan fingerprint density at radius 3 is 1.03 bits per heavy atom. The highest BCUT2D eigenvalue weighted by Crippen LogP contribution is 2.35. The first kappa shape index (κ1) is 35.4. The van der Waals surface area contributed by atoms with Crippen molar-refractivity contribution in [3.05, 3.63) is 0 Å². The second-order valence-corrected chi connectivity index (χ2v) is 12.8. The molecule has 3 nitrogen and oxygen atoms in total. The van der Waals surface area contributed by atoms with Crippen LogP contribution in [-0.4, -0.2) is 37.1 Å². The molecule has 0 fully saturated rings. The van der Waals surface area contributed by atoms with Crippen molar-refractivity contribution in [3.63, 3.8) is 0 Å². The van der Waals surface area contributed by atoms with Gasteiger partial charge in [0.1, 0.15) is 11.5 Å². The van der Waals surface area contributed by atoms with Gasteiger partial charge in [0, 0.05) is 5.92 Å². The van der Waals surface area contributed by atoms with Gasteiger partial charge in [0.15, 0.2) is 0 Å². The molecule has 0 radical (unpaired) electrons. The second-order valence-electron chi connectivity index (χ2n) is 12.8. The quantitative estimate of drug-likeness (QED) is 0.0817. The molecule has 0 amide bonds. The summed E-state index contributed by atoms with van der Waals surface area (Å²) in [7, 11) is 6.09. The maximum absolute atomic E-state index is 12.4. The molecule has 2 atom stereocenters. The molecule has 0 aromatic carbocycles. The molecule has 36 heavy (non-hydrogen) atoms. The predicted molar refractivity (Wildman–Crippen MR) is 157 cm³/mol. The van der Waals surface area contributed by atoms with E-state index in [1.165, 1.54) is 128 Å². The molecule has 0 heterocycles. The summed E-state index contributed by atoms with van der Waals surface area (Å²) in [6, 6.07) is 0. The Bertz CT molecular complexity index is 498. The summed E-state index contributed by atoms with van der Waals surface area (Å²) in [5, 5.41) is 12.4. The first-order chi connectivity index (χ1) is 17.2. The molecule has 0 N–H and O–H groups in total. The lowest BCUT2D eigenvalue weighted by atomic mass is 9.76. The minimum Gasteiger partial charge on any atom is -0.544 e. The fourth-order valence-corrected chi connectivity index (χ4v) is 5.80. The highest BCUT2D eigenvalue weighted by atomic mass is 16.4. The fraction of sp³-hybridized carbons (Fsp3) is 0.970. The van der Waals surface area contributed by atoms with Gasteiger partial charge in [-0.05, 0) is 19.8 Å². The van der Waals surface area contributed by atoms with Crippen LogP contribution in [0.5, 0.6) is 0 Å². The molecule has 0 spiro atoms. The van der Waals surface area contributed by atoms with E-state index in [1.807, 2.05) is 28.1 Å². The molecule has 0 aliphatic heterocycles. The summed E-state index contributed by atoms with van der Waals surface area (Å²) in [5.74, 6) is -0.676. The maximum atomic E-state index is 12.4. The lowest BCUT2D eigenvalue weighted by Gasteiger charge is -2.49. The van der Waals surface area contributed by atoms with Crippen molar-refractivity contribution in [2.24, 2.45) is 5.92 Å². The molecule has 0 aliphatic rings. The maximum Gasteiger partial charge on any atom is 0.139 e. The number of carbonyl (C=O) groups excluding carboxylic acids is 1. The summed E-state index contributed by atoms with van der Waals surface area (Å²) in [6.45, 7) is 6.50. The van der Waals surface area contributed by atoms with E-state index in [0.717, 1.165) is 25.7 Å². The molecule has 2 unspecified atom stereocenters. The van der Waals surface area contributed by atoms with Crippen molar-refractivity contribution in [2.75, 3.05) is 21.1 Å². The van der Waals surface area contributed by atoms with Crippen molar-refractivity contribution < 1.29 is 14.4 Å². The lowest BCUT2D eigenvalue weighted by Crippen LogP contribution is -2.68. The summed E-state index contributed by atoms with van der Waals surface area (Å²) < 4.78 is 0.440. The Morgan fingerprint density at radius 2 is 0.806 bits per heavy atom. The smallest absolute Gasteiger partial charge is 0.139 e. The van der Waals surface area contributed by atoms with Crippen molar-refractivity contribution in [1.82, 2.24) is 0 Å². The van der Waals surface area contributed by atoms with Gasteiger partial charge in [-0.2, -0.15) is 0 Å². The van der Waals surface area contributed by atoms with Crippen molar-refractivity contribution in [2.45, 2.75) is 180 Å². The molecule has 0 aliphatic carbocycles. The number of nitrogens with zero attached hydrogens (tertiary/aromatic N) is 1. The highest BCUT2D eigenvalue weighted by Gasteiger charge is 2.46. The predicted octanol–water partition coefficient (Wildman–Crippen LogP) is 9.22. The Morgan fingerprint density at radius 1 is 0.556 bits per heavy atom. The molecule has 0 rings (SSSR count). The molecular weight excluding hydrogens is 442 g/mol. The van der Waals surface area contributed by atoms with Gasteiger partial charge in [-0.15, -0.1) is 0 Å². The SMILES string of the molecule is CCCCCCCCCCCCCCCC(CCCCCCCCCCC)C(C)(C(=O)[O-])[N+](C)(C)C. The van der Waals surface area contributed by atoms with Crippen LogP contribution in [-0.2, 0) is 4.79 Å². The van der Waals surface area contributed by atoms with Gasteiger partial charge in [-0.1, -0.05) is 155 Å². The second kappa shape index (κ2) is 22.4. The molecule has 0 aromatic heterocycles. The van der Waals surface area contributed by atoms with Gasteiger partial charge in [-0.3, -0.25) is 0 Å². The van der Waals surface area contributed by atoms with E-state index in [0.29, 0.717) is 4.48 Å². The van der Waals surface area contributed by atoms with Crippen LogP contribution in [0.25, 0.3) is 0 Å². The minimum atomic E-state index is -0.870. The number of hydrogen-bond acceptors (Lipinski definition) is 2. The third kappa shape index (κ3) is 16.3. The van der Waals surface area contributed by atoms with Gasteiger partial charge in [0.25, 0.3) is 0 Å². The summed E-state index contributed by atoms with van der Waals surface area (Å²) in [6.07, 6.45) is 31.5. The summed E-state index contributed by atoms with van der Waals surface area (Å²) >= 11 is 0. The lowest BCUT2D eigenvalue weighted by molar-refractivity contribution is -0.918. The zero-order valence-corrected chi connectivity index (χ0v) is 25.8. The van der Waals surface area contributed by atoms with E-state index in [4.69, 9.17) is 0 Å². The number of unbranched alkanes of at least 4 members (excludes halogenated alkanes) is 20. The standard InChI is InChI=1S/C33H67NO2/c1-7-9-11-13-15-17-18-19-20-22-24-26-28-30-31(33(3,32(35)36)34(4,5)6)29-27-25-23-21-16-14-12-10-8-2/h31H,7-30H2,1-6H3. The molecule has 0 aromatic rings. The molecule has 0 saturated heterocycles. The van der Waals surface area contributed by atoms with Crippen LogP contribution in [0.2, 0.25) is 0 Å². The van der Waals surface area contributed by atoms with Crippen LogP contribution < -0.4 is 5.11 Å². The highest BCUT2D eigenvalue weighted by molar-refractivity contribution is 5.75. The van der Waals surface area contributed by atoms with E-state index in [2.05, 4.69) is 13.8 Å². The number of quaternary nitrogens is 1. The molecular formula is C33H67NO2. The van der Waals surface area contributed by atoms with Crippen LogP contribution >= 0.6 is 0 Å². The van der Waals surface area contributed by atoms with Crippen LogP contribution in [0.3, 0.4) is 0 Å². The number of hydrogen-bond donors (Lipinski definition) is 0. The zero-order valence-electron chi connectivity index (χ0n) is 25.8. The van der Waals surface area contributed by atoms with Crippen LogP contribution in [0, 0.1) is 5.92 Å². The van der Waals surface area contributed by atoms with E-state index >= 15 is 0 Å². The van der Waals surface area contributed by atoms with Gasteiger partial charge < -0.3 is 14.4 Å². The van der Waals surface area contributed by atoms with Crippen molar-refractivity contribution >= 4 is 5.97 Å². The van der Waals surface area contributed by atoms with Crippen LogP contribution in [0.4, 0.5) is 0 Å². The number of carboxylic acids is 1. The third-order valence-corrected chi connectivity index (χ3v) is 8.91. The first-order valence-electron chi connectivity index (χ1n) is 16.2. The topological polar surface area (TPSA) is 40.1 Å². The summed E-state index contributed by atoms with van der Waals surface area (Å²) in [4.78, 5) is 12.4. The number of carboxylic acid groups (broad SMARTS) is 1. The van der Waals surface area contributed by atoms with Crippen molar-refractivity contribution in [3.8, 4) is 0 Å². The van der Waals surface area contributed by atoms with Crippen molar-refractivity contribution in [1.29, 1.82) is 0 Å². The normalized spacial score (nSPS) is 14.6. The van der Waals surface area contributed by atoms with Gasteiger partial charge in [0.2, 0.25) is 0 Å². The Hall–Kier alpha value is -0.570. The van der Waals surface area contributed by atoms with Crippen LogP contribution in [0.15, 0.2) is 0 Å². The van der Waals surface area contributed by atoms with Crippen LogP contribution in [0.1, 0.15) is 175 Å². The Balaban J connectivity index is 4.29. The molecule has 0 saturated carbocycles. The van der Waals surface area contributed by atoms with Gasteiger partial charge in [0.05, 0.1) is 21.1 Å². The minimum absolute atomic E-state index is 0.194. The van der Waals surface area contributed by atoms with Gasteiger partial charge in [-0.25, -0.2) is 0 Å². The average molecular weight is 510 g/mol. The molecule has 3 heteroatoms. The number of aliphatic carboxylic acids is 1.